The zero-order valence-corrected chi connectivity index (χ0v) is 14.6. The predicted octanol–water partition coefficient (Wildman–Crippen LogP) is 5.68. The summed E-state index contributed by atoms with van der Waals surface area (Å²) in [5.41, 5.74) is 9.05. The first kappa shape index (κ1) is 15.9. The summed E-state index contributed by atoms with van der Waals surface area (Å²) in [7, 11) is 0. The molecule has 0 saturated heterocycles. The SMILES string of the molecule is CCc1ccc(Oc2ccc(N)cc2Br)c(C(C)(C)C)c1. The lowest BCUT2D eigenvalue weighted by atomic mass is 9.85. The van der Waals surface area contributed by atoms with E-state index >= 15 is 0 Å². The van der Waals surface area contributed by atoms with Crippen LogP contribution >= 0.6 is 15.9 Å². The molecule has 0 aliphatic rings. The van der Waals surface area contributed by atoms with Gasteiger partial charge in [-0.05, 0) is 57.6 Å². The van der Waals surface area contributed by atoms with E-state index in [9.17, 15) is 0 Å². The first-order valence-corrected chi connectivity index (χ1v) is 7.97. The highest BCUT2D eigenvalue weighted by molar-refractivity contribution is 9.10. The summed E-state index contributed by atoms with van der Waals surface area (Å²) in [6.07, 6.45) is 1.02. The van der Waals surface area contributed by atoms with Crippen LogP contribution in [0, 0.1) is 0 Å². The molecular formula is C18H22BrNO. The summed E-state index contributed by atoms with van der Waals surface area (Å²) in [6, 6.07) is 12.0. The fourth-order valence-corrected chi connectivity index (χ4v) is 2.67. The minimum absolute atomic E-state index is 0.0286. The van der Waals surface area contributed by atoms with E-state index in [0.29, 0.717) is 5.69 Å². The molecule has 2 N–H and O–H groups in total. The van der Waals surface area contributed by atoms with Crippen LogP contribution in [0.5, 0.6) is 11.5 Å². The molecule has 0 fully saturated rings. The Hall–Kier alpha value is -1.48. The van der Waals surface area contributed by atoms with Crippen LogP contribution in [0.4, 0.5) is 5.69 Å². The van der Waals surface area contributed by atoms with Crippen molar-refractivity contribution in [3.63, 3.8) is 0 Å². The van der Waals surface area contributed by atoms with Gasteiger partial charge in [-0.15, -0.1) is 0 Å². The Morgan fingerprint density at radius 1 is 1.05 bits per heavy atom. The van der Waals surface area contributed by atoms with Gasteiger partial charge < -0.3 is 10.5 Å². The van der Waals surface area contributed by atoms with Gasteiger partial charge in [0.25, 0.3) is 0 Å². The number of hydrogen-bond donors (Lipinski definition) is 1. The molecule has 0 unspecified atom stereocenters. The molecule has 0 spiro atoms. The van der Waals surface area contributed by atoms with Gasteiger partial charge in [0, 0.05) is 11.3 Å². The molecule has 112 valence electrons. The van der Waals surface area contributed by atoms with Crippen molar-refractivity contribution >= 4 is 21.6 Å². The Morgan fingerprint density at radius 3 is 2.29 bits per heavy atom. The van der Waals surface area contributed by atoms with Gasteiger partial charge in [-0.3, -0.25) is 0 Å². The van der Waals surface area contributed by atoms with Crippen molar-refractivity contribution in [3.8, 4) is 11.5 Å². The van der Waals surface area contributed by atoms with Crippen molar-refractivity contribution in [2.75, 3.05) is 5.73 Å². The highest BCUT2D eigenvalue weighted by atomic mass is 79.9. The number of halogens is 1. The van der Waals surface area contributed by atoms with Crippen LogP contribution in [-0.4, -0.2) is 0 Å². The van der Waals surface area contributed by atoms with Gasteiger partial charge in [-0.1, -0.05) is 39.8 Å². The summed E-state index contributed by atoms with van der Waals surface area (Å²) in [6.45, 7) is 8.77. The first-order chi connectivity index (χ1) is 9.81. The summed E-state index contributed by atoms with van der Waals surface area (Å²) >= 11 is 3.50. The molecule has 21 heavy (non-hydrogen) atoms. The average molecular weight is 348 g/mol. The molecule has 0 aliphatic carbocycles. The number of rotatable bonds is 3. The van der Waals surface area contributed by atoms with E-state index in [4.69, 9.17) is 10.5 Å². The minimum atomic E-state index is 0.0286. The highest BCUT2D eigenvalue weighted by Crippen LogP contribution is 2.37. The molecule has 0 aliphatic heterocycles. The van der Waals surface area contributed by atoms with Crippen molar-refractivity contribution in [1.82, 2.24) is 0 Å². The second-order valence-electron chi connectivity index (χ2n) is 6.23. The number of benzene rings is 2. The molecular weight excluding hydrogens is 326 g/mol. The fraction of sp³-hybridized carbons (Fsp3) is 0.333. The second kappa shape index (κ2) is 6.10. The third kappa shape index (κ3) is 3.79. The summed E-state index contributed by atoms with van der Waals surface area (Å²) in [5, 5.41) is 0. The maximum Gasteiger partial charge on any atom is 0.141 e. The minimum Gasteiger partial charge on any atom is -0.456 e. The lowest BCUT2D eigenvalue weighted by Gasteiger charge is -2.24. The lowest BCUT2D eigenvalue weighted by Crippen LogP contribution is -2.13. The molecule has 2 aromatic carbocycles. The number of ether oxygens (including phenoxy) is 1. The highest BCUT2D eigenvalue weighted by Gasteiger charge is 2.20. The van der Waals surface area contributed by atoms with E-state index in [1.165, 1.54) is 11.1 Å². The predicted molar refractivity (Wildman–Crippen MR) is 93.1 cm³/mol. The standard InChI is InChI=1S/C18H22BrNO/c1-5-12-6-8-16(14(10-12)18(2,3)4)21-17-9-7-13(20)11-15(17)19/h6-11H,5,20H2,1-4H3. The van der Waals surface area contributed by atoms with Crippen LogP contribution in [0.3, 0.4) is 0 Å². The second-order valence-corrected chi connectivity index (χ2v) is 7.08. The lowest BCUT2D eigenvalue weighted by molar-refractivity contribution is 0.452. The van der Waals surface area contributed by atoms with Gasteiger partial charge in [0.2, 0.25) is 0 Å². The average Bonchev–Trinajstić information content (AvgIpc) is 2.41. The van der Waals surface area contributed by atoms with E-state index in [2.05, 4.69) is 61.8 Å². The molecule has 0 heterocycles. The number of aryl methyl sites for hydroxylation is 1. The van der Waals surface area contributed by atoms with Crippen molar-refractivity contribution in [2.24, 2.45) is 0 Å². The fourth-order valence-electron chi connectivity index (χ4n) is 2.19. The maximum absolute atomic E-state index is 6.12. The molecule has 0 atom stereocenters. The Labute approximate surface area is 135 Å². The van der Waals surface area contributed by atoms with E-state index in [1.54, 1.807) is 0 Å². The number of hydrogen-bond acceptors (Lipinski definition) is 2. The van der Waals surface area contributed by atoms with E-state index in [1.807, 2.05) is 18.2 Å². The molecule has 0 bridgehead atoms. The van der Waals surface area contributed by atoms with Crippen LogP contribution in [0.1, 0.15) is 38.8 Å². The summed E-state index contributed by atoms with van der Waals surface area (Å²) in [5.74, 6) is 1.67. The zero-order chi connectivity index (χ0) is 15.6. The molecule has 2 aromatic rings. The van der Waals surface area contributed by atoms with Crippen molar-refractivity contribution in [2.45, 2.75) is 39.5 Å². The third-order valence-corrected chi connectivity index (χ3v) is 4.06. The van der Waals surface area contributed by atoms with Crippen molar-refractivity contribution in [3.05, 3.63) is 52.0 Å². The molecule has 0 radical (unpaired) electrons. The largest absolute Gasteiger partial charge is 0.456 e. The summed E-state index contributed by atoms with van der Waals surface area (Å²) in [4.78, 5) is 0. The Bertz CT molecular complexity index is 644. The Balaban J connectivity index is 2.44. The van der Waals surface area contributed by atoms with E-state index in [-0.39, 0.29) is 5.41 Å². The molecule has 3 heteroatoms. The van der Waals surface area contributed by atoms with Crippen LogP contribution in [0.25, 0.3) is 0 Å². The van der Waals surface area contributed by atoms with Gasteiger partial charge >= 0.3 is 0 Å². The smallest absolute Gasteiger partial charge is 0.141 e. The first-order valence-electron chi connectivity index (χ1n) is 7.17. The number of nitrogens with two attached hydrogens (primary N) is 1. The van der Waals surface area contributed by atoms with E-state index in [0.717, 1.165) is 22.4 Å². The van der Waals surface area contributed by atoms with Crippen LogP contribution in [-0.2, 0) is 11.8 Å². The number of nitrogen functional groups attached to an aromatic ring is 1. The van der Waals surface area contributed by atoms with Gasteiger partial charge in [-0.2, -0.15) is 0 Å². The Morgan fingerprint density at radius 2 is 1.71 bits per heavy atom. The van der Waals surface area contributed by atoms with E-state index < -0.39 is 0 Å². The topological polar surface area (TPSA) is 35.2 Å². The van der Waals surface area contributed by atoms with Crippen LogP contribution in [0.15, 0.2) is 40.9 Å². The quantitative estimate of drug-likeness (QED) is 0.724. The van der Waals surface area contributed by atoms with Crippen molar-refractivity contribution in [1.29, 1.82) is 0 Å². The normalized spacial score (nSPS) is 11.5. The monoisotopic (exact) mass is 347 g/mol. The van der Waals surface area contributed by atoms with Gasteiger partial charge in [-0.25, -0.2) is 0 Å². The molecule has 0 amide bonds. The third-order valence-electron chi connectivity index (χ3n) is 3.44. The number of anilines is 1. The molecule has 0 saturated carbocycles. The van der Waals surface area contributed by atoms with Crippen LogP contribution < -0.4 is 10.5 Å². The van der Waals surface area contributed by atoms with Crippen LogP contribution in [0.2, 0.25) is 0 Å². The van der Waals surface area contributed by atoms with Gasteiger partial charge in [0.05, 0.1) is 4.47 Å². The molecule has 2 nitrogen and oxygen atoms in total. The van der Waals surface area contributed by atoms with Gasteiger partial charge in [0.15, 0.2) is 0 Å². The van der Waals surface area contributed by atoms with Gasteiger partial charge in [0.1, 0.15) is 11.5 Å². The maximum atomic E-state index is 6.12. The molecule has 2 rings (SSSR count). The van der Waals surface area contributed by atoms with Crippen molar-refractivity contribution < 1.29 is 4.74 Å². The Kier molecular flexibility index (Phi) is 4.62. The molecule has 0 aromatic heterocycles. The zero-order valence-electron chi connectivity index (χ0n) is 13.0. The summed E-state index contributed by atoms with van der Waals surface area (Å²) < 4.78 is 6.98.